The number of piperazine rings is 1. The van der Waals surface area contributed by atoms with Crippen molar-refractivity contribution in [3.8, 4) is 11.5 Å². The van der Waals surface area contributed by atoms with E-state index in [0.29, 0.717) is 30.2 Å². The van der Waals surface area contributed by atoms with Crippen LogP contribution in [0.2, 0.25) is 0 Å². The van der Waals surface area contributed by atoms with E-state index >= 15 is 0 Å². The van der Waals surface area contributed by atoms with Crippen LogP contribution < -0.4 is 9.47 Å². The van der Waals surface area contributed by atoms with Crippen molar-refractivity contribution in [2.75, 3.05) is 40.4 Å². The van der Waals surface area contributed by atoms with Gasteiger partial charge in [0.25, 0.3) is 5.91 Å². The number of amides is 1. The first-order valence-electron chi connectivity index (χ1n) is 8.99. The molecule has 138 valence electrons. The number of rotatable bonds is 4. The van der Waals surface area contributed by atoms with Crippen molar-refractivity contribution in [2.24, 2.45) is 0 Å². The second-order valence-corrected chi connectivity index (χ2v) is 6.90. The van der Waals surface area contributed by atoms with Gasteiger partial charge >= 0.3 is 0 Å². The molecule has 1 aliphatic heterocycles. The summed E-state index contributed by atoms with van der Waals surface area (Å²) < 4.78 is 10.8. The van der Waals surface area contributed by atoms with Crippen LogP contribution in [-0.2, 0) is 0 Å². The molecule has 1 saturated heterocycles. The van der Waals surface area contributed by atoms with Gasteiger partial charge in [0.15, 0.2) is 0 Å². The maximum absolute atomic E-state index is 12.9. The quantitative estimate of drug-likeness (QED) is 0.897. The van der Waals surface area contributed by atoms with Gasteiger partial charge < -0.3 is 19.5 Å². The van der Waals surface area contributed by atoms with Crippen molar-refractivity contribution in [1.82, 2.24) is 9.80 Å². The molecule has 1 aliphatic carbocycles. The zero-order valence-corrected chi connectivity index (χ0v) is 15.3. The van der Waals surface area contributed by atoms with Gasteiger partial charge in [-0.05, 0) is 38.3 Å². The largest absolute Gasteiger partial charge is 0.496 e. The standard InChI is InChI=1S/C19H28N2O4/c1-13-17(24-2)11-14(12-18(13)25-3)19(23)21-9-7-20(8-10-21)15-5-4-6-16(15)22/h11-12,15-16,22H,4-10H2,1-3H3/t15-,16-/m1/s1. The lowest BCUT2D eigenvalue weighted by Crippen LogP contribution is -2.53. The smallest absolute Gasteiger partial charge is 0.254 e. The SMILES string of the molecule is COc1cc(C(=O)N2CCN([C@@H]3CCC[C@H]3O)CC2)cc(OC)c1C. The molecular formula is C19H28N2O4. The number of aliphatic hydroxyl groups excluding tert-OH is 1. The Morgan fingerprint density at radius 2 is 1.68 bits per heavy atom. The Kier molecular flexibility index (Phi) is 5.49. The van der Waals surface area contributed by atoms with Crippen molar-refractivity contribution in [3.63, 3.8) is 0 Å². The van der Waals surface area contributed by atoms with Gasteiger partial charge in [0.2, 0.25) is 0 Å². The van der Waals surface area contributed by atoms with E-state index in [2.05, 4.69) is 4.90 Å². The summed E-state index contributed by atoms with van der Waals surface area (Å²) in [7, 11) is 3.20. The third kappa shape index (κ3) is 3.60. The Morgan fingerprint density at radius 1 is 1.08 bits per heavy atom. The Morgan fingerprint density at radius 3 is 2.16 bits per heavy atom. The van der Waals surface area contributed by atoms with Crippen LogP contribution in [0.25, 0.3) is 0 Å². The molecule has 0 bridgehead atoms. The van der Waals surface area contributed by atoms with Crippen LogP contribution in [0, 0.1) is 6.92 Å². The number of benzene rings is 1. The first-order valence-corrected chi connectivity index (χ1v) is 8.99. The number of carbonyl (C=O) groups excluding carboxylic acids is 1. The molecule has 3 rings (SSSR count). The number of carbonyl (C=O) groups is 1. The van der Waals surface area contributed by atoms with E-state index in [1.807, 2.05) is 11.8 Å². The van der Waals surface area contributed by atoms with Crippen LogP contribution in [0.15, 0.2) is 12.1 Å². The lowest BCUT2D eigenvalue weighted by Gasteiger charge is -2.39. The van der Waals surface area contributed by atoms with Crippen molar-refractivity contribution < 1.29 is 19.4 Å². The molecule has 2 aliphatic rings. The average Bonchev–Trinajstić information content (AvgIpc) is 3.07. The molecular weight excluding hydrogens is 320 g/mol. The Labute approximate surface area is 149 Å². The normalized spacial score (nSPS) is 24.4. The number of hydrogen-bond donors (Lipinski definition) is 1. The maximum atomic E-state index is 12.9. The molecule has 0 radical (unpaired) electrons. The van der Waals surface area contributed by atoms with Gasteiger partial charge in [-0.25, -0.2) is 0 Å². The summed E-state index contributed by atoms with van der Waals surface area (Å²) in [4.78, 5) is 17.1. The van der Waals surface area contributed by atoms with E-state index in [1.165, 1.54) is 0 Å². The summed E-state index contributed by atoms with van der Waals surface area (Å²) in [6.45, 7) is 4.90. The minimum Gasteiger partial charge on any atom is -0.496 e. The molecule has 6 nitrogen and oxygen atoms in total. The lowest BCUT2D eigenvalue weighted by atomic mass is 10.1. The number of methoxy groups -OCH3 is 2. The molecule has 2 fully saturated rings. The van der Waals surface area contributed by atoms with E-state index in [9.17, 15) is 9.90 Å². The van der Waals surface area contributed by atoms with Crippen LogP contribution in [-0.4, -0.2) is 73.4 Å². The van der Waals surface area contributed by atoms with Crippen LogP contribution in [0.5, 0.6) is 11.5 Å². The molecule has 6 heteroatoms. The average molecular weight is 348 g/mol. The molecule has 1 amide bonds. The Bertz CT molecular complexity index is 601. The van der Waals surface area contributed by atoms with E-state index in [1.54, 1.807) is 26.4 Å². The van der Waals surface area contributed by atoms with E-state index in [4.69, 9.17) is 9.47 Å². The highest BCUT2D eigenvalue weighted by Crippen LogP contribution is 2.30. The highest BCUT2D eigenvalue weighted by Gasteiger charge is 2.33. The van der Waals surface area contributed by atoms with Crippen LogP contribution in [0.4, 0.5) is 0 Å². The maximum Gasteiger partial charge on any atom is 0.254 e. The number of hydrogen-bond acceptors (Lipinski definition) is 5. The minimum atomic E-state index is -0.215. The van der Waals surface area contributed by atoms with Gasteiger partial charge in [-0.15, -0.1) is 0 Å². The summed E-state index contributed by atoms with van der Waals surface area (Å²) in [6.07, 6.45) is 2.83. The Hall–Kier alpha value is -1.79. The zero-order valence-electron chi connectivity index (χ0n) is 15.3. The van der Waals surface area contributed by atoms with Crippen LogP contribution >= 0.6 is 0 Å². The summed E-state index contributed by atoms with van der Waals surface area (Å²) >= 11 is 0. The van der Waals surface area contributed by atoms with Gasteiger partial charge in [-0.3, -0.25) is 9.69 Å². The minimum absolute atomic E-state index is 0.00298. The summed E-state index contributed by atoms with van der Waals surface area (Å²) in [5.74, 6) is 1.33. The van der Waals surface area contributed by atoms with Gasteiger partial charge in [0, 0.05) is 43.3 Å². The molecule has 2 atom stereocenters. The van der Waals surface area contributed by atoms with Gasteiger partial charge in [0.05, 0.1) is 20.3 Å². The third-order valence-corrected chi connectivity index (χ3v) is 5.51. The fourth-order valence-electron chi connectivity index (χ4n) is 4.00. The monoisotopic (exact) mass is 348 g/mol. The van der Waals surface area contributed by atoms with E-state index in [0.717, 1.165) is 37.9 Å². The van der Waals surface area contributed by atoms with Crippen molar-refractivity contribution in [1.29, 1.82) is 0 Å². The fraction of sp³-hybridized carbons (Fsp3) is 0.632. The first-order chi connectivity index (χ1) is 12.0. The number of aliphatic hydroxyl groups is 1. The Balaban J connectivity index is 1.68. The topological polar surface area (TPSA) is 62.2 Å². The van der Waals surface area contributed by atoms with Crippen molar-refractivity contribution in [3.05, 3.63) is 23.3 Å². The molecule has 25 heavy (non-hydrogen) atoms. The zero-order chi connectivity index (χ0) is 18.0. The van der Waals surface area contributed by atoms with Gasteiger partial charge in [-0.1, -0.05) is 0 Å². The van der Waals surface area contributed by atoms with Crippen LogP contribution in [0.1, 0.15) is 35.2 Å². The molecule has 1 N–H and O–H groups in total. The van der Waals surface area contributed by atoms with E-state index in [-0.39, 0.29) is 18.1 Å². The number of ether oxygens (including phenoxy) is 2. The molecule has 1 saturated carbocycles. The van der Waals surface area contributed by atoms with Gasteiger partial charge in [0.1, 0.15) is 11.5 Å². The summed E-state index contributed by atoms with van der Waals surface area (Å²) in [6, 6.07) is 3.83. The predicted octanol–water partition coefficient (Wildman–Crippen LogP) is 1.68. The summed E-state index contributed by atoms with van der Waals surface area (Å²) in [5.41, 5.74) is 1.48. The third-order valence-electron chi connectivity index (χ3n) is 5.51. The number of nitrogens with zero attached hydrogens (tertiary/aromatic N) is 2. The van der Waals surface area contributed by atoms with Crippen molar-refractivity contribution >= 4 is 5.91 Å². The molecule has 1 heterocycles. The second kappa shape index (κ2) is 7.62. The second-order valence-electron chi connectivity index (χ2n) is 6.90. The fourth-order valence-corrected chi connectivity index (χ4v) is 4.00. The van der Waals surface area contributed by atoms with Gasteiger partial charge in [-0.2, -0.15) is 0 Å². The van der Waals surface area contributed by atoms with E-state index < -0.39 is 0 Å². The predicted molar refractivity (Wildman–Crippen MR) is 95.4 cm³/mol. The molecule has 0 spiro atoms. The van der Waals surface area contributed by atoms with Crippen LogP contribution in [0.3, 0.4) is 0 Å². The molecule has 1 aromatic carbocycles. The van der Waals surface area contributed by atoms with Crippen molar-refractivity contribution in [2.45, 2.75) is 38.3 Å². The molecule has 1 aromatic rings. The first kappa shape index (κ1) is 18.0. The highest BCUT2D eigenvalue weighted by atomic mass is 16.5. The molecule has 0 unspecified atom stereocenters. The lowest BCUT2D eigenvalue weighted by molar-refractivity contribution is 0.0315. The summed E-state index contributed by atoms with van der Waals surface area (Å²) in [5, 5.41) is 10.1. The highest BCUT2D eigenvalue weighted by molar-refractivity contribution is 5.95. The molecule has 0 aromatic heterocycles.